The van der Waals surface area contributed by atoms with Crippen LogP contribution in [-0.2, 0) is 6.42 Å². The molecule has 0 saturated heterocycles. The Balaban J connectivity index is 2.26. The highest BCUT2D eigenvalue weighted by molar-refractivity contribution is 5.43. The van der Waals surface area contributed by atoms with Crippen LogP contribution in [0, 0.1) is 32.8 Å². The Kier molecular flexibility index (Phi) is 4.28. The maximum atomic E-state index is 10.6. The van der Waals surface area contributed by atoms with Crippen molar-refractivity contribution in [3.8, 4) is 12.1 Å². The number of nitrogens with zero attached hydrogens (tertiary/aromatic N) is 3. The molecular formula is C16H11N3O2. The van der Waals surface area contributed by atoms with Gasteiger partial charge in [0.15, 0.2) is 0 Å². The first-order chi connectivity index (χ1) is 10.2. The lowest BCUT2D eigenvalue weighted by Crippen LogP contribution is -2.03. The van der Waals surface area contributed by atoms with Crippen LogP contribution in [0.3, 0.4) is 0 Å². The molecule has 2 aromatic rings. The quantitative estimate of drug-likeness (QED) is 0.633. The molecule has 0 unspecified atom stereocenters. The summed E-state index contributed by atoms with van der Waals surface area (Å²) < 4.78 is 0. The molecule has 0 heterocycles. The highest BCUT2D eigenvalue weighted by Gasteiger charge is 2.15. The maximum absolute atomic E-state index is 10.6. The van der Waals surface area contributed by atoms with Gasteiger partial charge >= 0.3 is 0 Å². The van der Waals surface area contributed by atoms with Gasteiger partial charge in [0.2, 0.25) is 0 Å². The molecule has 0 spiro atoms. The van der Waals surface area contributed by atoms with E-state index >= 15 is 0 Å². The summed E-state index contributed by atoms with van der Waals surface area (Å²) >= 11 is 0. The van der Waals surface area contributed by atoms with Crippen LogP contribution in [0.5, 0.6) is 0 Å². The number of nitro groups is 1. The molecule has 2 aromatic carbocycles. The normalized spacial score (nSPS) is 11.1. The predicted molar refractivity (Wildman–Crippen MR) is 76.3 cm³/mol. The Morgan fingerprint density at radius 3 is 2.33 bits per heavy atom. The lowest BCUT2D eigenvalue weighted by molar-refractivity contribution is -0.384. The van der Waals surface area contributed by atoms with E-state index in [9.17, 15) is 15.4 Å². The minimum atomic E-state index is -0.462. The first-order valence-electron chi connectivity index (χ1n) is 6.27. The van der Waals surface area contributed by atoms with Gasteiger partial charge in [0.05, 0.1) is 28.5 Å². The van der Waals surface area contributed by atoms with Gasteiger partial charge in [-0.3, -0.25) is 10.1 Å². The molecule has 0 bridgehead atoms. The second-order valence-electron chi connectivity index (χ2n) is 4.51. The standard InChI is InChI=1S/C16H11N3O2/c17-10-13-3-1-2-4-16(13)14(11-18)9-12-5-7-15(8-6-12)19(20)21/h1-8,14H,9H2/t14-/m1/s1. The molecule has 0 aliphatic carbocycles. The summed E-state index contributed by atoms with van der Waals surface area (Å²) in [5.74, 6) is -0.456. The van der Waals surface area contributed by atoms with Crippen molar-refractivity contribution in [2.45, 2.75) is 12.3 Å². The molecule has 2 rings (SSSR count). The third-order valence-corrected chi connectivity index (χ3v) is 3.20. The van der Waals surface area contributed by atoms with E-state index in [0.717, 1.165) is 5.56 Å². The second kappa shape index (κ2) is 6.31. The van der Waals surface area contributed by atoms with Crippen LogP contribution < -0.4 is 0 Å². The van der Waals surface area contributed by atoms with Gasteiger partial charge in [-0.05, 0) is 23.6 Å². The van der Waals surface area contributed by atoms with Crippen LogP contribution >= 0.6 is 0 Å². The Hall–Kier alpha value is -3.18. The summed E-state index contributed by atoms with van der Waals surface area (Å²) in [5, 5.41) is 29.0. The minimum Gasteiger partial charge on any atom is -0.258 e. The number of benzene rings is 2. The number of rotatable bonds is 4. The van der Waals surface area contributed by atoms with Crippen molar-refractivity contribution >= 4 is 5.69 Å². The highest BCUT2D eigenvalue weighted by Crippen LogP contribution is 2.24. The molecule has 0 radical (unpaired) electrons. The highest BCUT2D eigenvalue weighted by atomic mass is 16.6. The van der Waals surface area contributed by atoms with Crippen LogP contribution in [0.15, 0.2) is 48.5 Å². The van der Waals surface area contributed by atoms with Crippen LogP contribution in [0.25, 0.3) is 0 Å². The monoisotopic (exact) mass is 277 g/mol. The lowest BCUT2D eigenvalue weighted by Gasteiger charge is -2.11. The molecule has 0 fully saturated rings. The summed E-state index contributed by atoms with van der Waals surface area (Å²) in [7, 11) is 0. The Morgan fingerprint density at radius 2 is 1.76 bits per heavy atom. The summed E-state index contributed by atoms with van der Waals surface area (Å²) in [6, 6.07) is 17.4. The van der Waals surface area contributed by atoms with Gasteiger partial charge in [0, 0.05) is 12.1 Å². The number of non-ortho nitro benzene ring substituents is 1. The fraction of sp³-hybridized carbons (Fsp3) is 0.125. The van der Waals surface area contributed by atoms with Crippen molar-refractivity contribution in [2.75, 3.05) is 0 Å². The molecule has 0 N–H and O–H groups in total. The Morgan fingerprint density at radius 1 is 1.10 bits per heavy atom. The summed E-state index contributed by atoms with van der Waals surface area (Å²) in [6.07, 6.45) is 0.410. The van der Waals surface area contributed by atoms with Crippen LogP contribution in [-0.4, -0.2) is 4.92 Å². The lowest BCUT2D eigenvalue weighted by atomic mass is 9.90. The van der Waals surface area contributed by atoms with Crippen molar-refractivity contribution in [1.82, 2.24) is 0 Å². The van der Waals surface area contributed by atoms with Crippen LogP contribution in [0.2, 0.25) is 0 Å². The maximum Gasteiger partial charge on any atom is 0.269 e. The Labute approximate surface area is 121 Å². The van der Waals surface area contributed by atoms with Crippen LogP contribution in [0.4, 0.5) is 5.69 Å². The van der Waals surface area contributed by atoms with E-state index in [1.54, 1.807) is 36.4 Å². The zero-order valence-electron chi connectivity index (χ0n) is 11.1. The smallest absolute Gasteiger partial charge is 0.258 e. The zero-order chi connectivity index (χ0) is 15.2. The van der Waals surface area contributed by atoms with E-state index in [-0.39, 0.29) is 5.69 Å². The van der Waals surface area contributed by atoms with E-state index in [1.165, 1.54) is 12.1 Å². The third kappa shape index (κ3) is 3.23. The van der Waals surface area contributed by atoms with Gasteiger partial charge in [-0.15, -0.1) is 0 Å². The van der Waals surface area contributed by atoms with Crippen molar-refractivity contribution < 1.29 is 4.92 Å². The molecule has 0 aliphatic rings. The van der Waals surface area contributed by atoms with Crippen molar-refractivity contribution in [1.29, 1.82) is 10.5 Å². The fourth-order valence-corrected chi connectivity index (χ4v) is 2.12. The number of nitriles is 2. The van der Waals surface area contributed by atoms with Crippen molar-refractivity contribution in [2.24, 2.45) is 0 Å². The first kappa shape index (κ1) is 14.2. The number of nitro benzene ring substituents is 1. The molecule has 0 amide bonds. The molecule has 5 nitrogen and oxygen atoms in total. The minimum absolute atomic E-state index is 0.0182. The zero-order valence-corrected chi connectivity index (χ0v) is 11.1. The van der Waals surface area contributed by atoms with Crippen molar-refractivity contribution in [3.63, 3.8) is 0 Å². The van der Waals surface area contributed by atoms with E-state index in [0.29, 0.717) is 17.5 Å². The van der Waals surface area contributed by atoms with Gasteiger partial charge in [0.1, 0.15) is 0 Å². The number of hydrogen-bond acceptors (Lipinski definition) is 4. The molecule has 0 aromatic heterocycles. The van der Waals surface area contributed by atoms with Gasteiger partial charge < -0.3 is 0 Å². The average Bonchev–Trinajstić information content (AvgIpc) is 2.53. The molecular weight excluding hydrogens is 266 g/mol. The van der Waals surface area contributed by atoms with Gasteiger partial charge in [-0.25, -0.2) is 0 Å². The van der Waals surface area contributed by atoms with Crippen molar-refractivity contribution in [3.05, 3.63) is 75.3 Å². The molecule has 0 saturated carbocycles. The molecule has 21 heavy (non-hydrogen) atoms. The molecule has 0 aliphatic heterocycles. The topological polar surface area (TPSA) is 90.7 Å². The number of hydrogen-bond donors (Lipinski definition) is 0. The summed E-state index contributed by atoms with van der Waals surface area (Å²) in [5.41, 5.74) is 2.00. The summed E-state index contributed by atoms with van der Waals surface area (Å²) in [6.45, 7) is 0. The second-order valence-corrected chi connectivity index (χ2v) is 4.51. The molecule has 1 atom stereocenters. The predicted octanol–water partition coefficient (Wildman–Crippen LogP) is 3.32. The van der Waals surface area contributed by atoms with E-state index < -0.39 is 10.8 Å². The van der Waals surface area contributed by atoms with Gasteiger partial charge in [0.25, 0.3) is 5.69 Å². The SMILES string of the molecule is N#Cc1ccccc1[C@@H](C#N)Cc1ccc([N+](=O)[O-])cc1. The largest absolute Gasteiger partial charge is 0.269 e. The van der Waals surface area contributed by atoms with E-state index in [1.807, 2.05) is 0 Å². The van der Waals surface area contributed by atoms with E-state index in [2.05, 4.69) is 12.1 Å². The third-order valence-electron chi connectivity index (χ3n) is 3.20. The average molecular weight is 277 g/mol. The van der Waals surface area contributed by atoms with Crippen LogP contribution in [0.1, 0.15) is 22.6 Å². The Bertz CT molecular complexity index is 739. The first-order valence-corrected chi connectivity index (χ1v) is 6.27. The molecule has 5 heteroatoms. The molecule has 102 valence electrons. The van der Waals surface area contributed by atoms with Gasteiger partial charge in [-0.2, -0.15) is 10.5 Å². The van der Waals surface area contributed by atoms with E-state index in [4.69, 9.17) is 5.26 Å². The van der Waals surface area contributed by atoms with Gasteiger partial charge in [-0.1, -0.05) is 30.3 Å². The fourth-order valence-electron chi connectivity index (χ4n) is 2.12. The summed E-state index contributed by atoms with van der Waals surface area (Å²) in [4.78, 5) is 10.2.